The number of carbonyl (C=O) groups is 1. The minimum atomic E-state index is -0.0754. The monoisotopic (exact) mass is 193 g/mol. The van der Waals surface area contributed by atoms with Gasteiger partial charge in [0, 0.05) is 26.3 Å². The second kappa shape index (κ2) is 4.72. The zero-order valence-corrected chi connectivity index (χ0v) is 8.53. The first kappa shape index (κ1) is 10.7. The summed E-state index contributed by atoms with van der Waals surface area (Å²) in [5.74, 6) is -0.0754. The van der Waals surface area contributed by atoms with Crippen LogP contribution in [0.1, 0.15) is 16.1 Å². The smallest absolute Gasteiger partial charge is 0.272 e. The van der Waals surface area contributed by atoms with Crippen molar-refractivity contribution in [2.45, 2.75) is 6.92 Å². The summed E-state index contributed by atoms with van der Waals surface area (Å²) >= 11 is 0. The second-order valence-electron chi connectivity index (χ2n) is 3.18. The Labute approximate surface area is 83.7 Å². The highest BCUT2D eigenvalue weighted by Crippen LogP contribution is 2.05. The van der Waals surface area contributed by atoms with E-state index in [1.165, 1.54) is 0 Å². The van der Waals surface area contributed by atoms with E-state index in [0.29, 0.717) is 18.8 Å². The van der Waals surface area contributed by atoms with Crippen LogP contribution in [0.25, 0.3) is 0 Å². The van der Waals surface area contributed by atoms with Crippen molar-refractivity contribution in [2.24, 2.45) is 5.73 Å². The number of likely N-dealkylation sites (N-methyl/N-ethyl adjacent to an activating group) is 1. The first-order valence-corrected chi connectivity index (χ1v) is 4.54. The molecule has 1 aromatic heterocycles. The summed E-state index contributed by atoms with van der Waals surface area (Å²) in [5, 5.41) is 0. The van der Waals surface area contributed by atoms with Gasteiger partial charge < -0.3 is 10.6 Å². The van der Waals surface area contributed by atoms with Gasteiger partial charge in [-0.3, -0.25) is 9.78 Å². The maximum atomic E-state index is 11.8. The fraction of sp³-hybridized carbons (Fsp3) is 0.400. The lowest BCUT2D eigenvalue weighted by atomic mass is 10.2. The Morgan fingerprint density at radius 1 is 1.64 bits per heavy atom. The van der Waals surface area contributed by atoms with Crippen LogP contribution in [0, 0.1) is 6.92 Å². The highest BCUT2D eigenvalue weighted by atomic mass is 16.2. The Morgan fingerprint density at radius 2 is 2.36 bits per heavy atom. The van der Waals surface area contributed by atoms with Crippen molar-refractivity contribution in [3.63, 3.8) is 0 Å². The highest BCUT2D eigenvalue weighted by Gasteiger charge is 2.13. The third-order valence-electron chi connectivity index (χ3n) is 2.02. The van der Waals surface area contributed by atoms with Gasteiger partial charge in [-0.15, -0.1) is 0 Å². The minimum absolute atomic E-state index is 0.0754. The molecule has 0 fully saturated rings. The SMILES string of the molecule is Cc1cccnc1C(=O)N(C)CCN. The van der Waals surface area contributed by atoms with Gasteiger partial charge in [0.2, 0.25) is 0 Å². The van der Waals surface area contributed by atoms with Crippen LogP contribution in [0.5, 0.6) is 0 Å². The Bertz CT molecular complexity index is 325. The summed E-state index contributed by atoms with van der Waals surface area (Å²) in [6.07, 6.45) is 1.62. The molecule has 76 valence electrons. The summed E-state index contributed by atoms with van der Waals surface area (Å²) in [4.78, 5) is 17.4. The van der Waals surface area contributed by atoms with Gasteiger partial charge in [-0.1, -0.05) is 6.07 Å². The van der Waals surface area contributed by atoms with Crippen molar-refractivity contribution in [3.05, 3.63) is 29.6 Å². The van der Waals surface area contributed by atoms with Gasteiger partial charge >= 0.3 is 0 Å². The van der Waals surface area contributed by atoms with Crippen LogP contribution in [0.2, 0.25) is 0 Å². The third-order valence-corrected chi connectivity index (χ3v) is 2.02. The van der Waals surface area contributed by atoms with E-state index in [2.05, 4.69) is 4.98 Å². The molecular formula is C10H15N3O. The van der Waals surface area contributed by atoms with Crippen molar-refractivity contribution in [1.82, 2.24) is 9.88 Å². The molecule has 0 spiro atoms. The lowest BCUT2D eigenvalue weighted by molar-refractivity contribution is 0.0792. The molecule has 0 saturated heterocycles. The molecule has 0 bridgehead atoms. The predicted octanol–water partition coefficient (Wildman–Crippen LogP) is 0.421. The molecule has 1 rings (SSSR count). The number of nitrogens with zero attached hydrogens (tertiary/aromatic N) is 2. The van der Waals surface area contributed by atoms with Gasteiger partial charge in [-0.05, 0) is 18.6 Å². The Balaban J connectivity index is 2.84. The molecule has 4 heteroatoms. The number of rotatable bonds is 3. The molecule has 0 saturated carbocycles. The Morgan fingerprint density at radius 3 is 2.93 bits per heavy atom. The third kappa shape index (κ3) is 2.29. The zero-order valence-electron chi connectivity index (χ0n) is 8.53. The Kier molecular flexibility index (Phi) is 3.59. The summed E-state index contributed by atoms with van der Waals surface area (Å²) in [5.41, 5.74) is 6.76. The van der Waals surface area contributed by atoms with Gasteiger partial charge in [-0.25, -0.2) is 0 Å². The number of aryl methyl sites for hydroxylation is 1. The van der Waals surface area contributed by atoms with Crippen molar-refractivity contribution in [3.8, 4) is 0 Å². The number of nitrogens with two attached hydrogens (primary N) is 1. The van der Waals surface area contributed by atoms with Crippen molar-refractivity contribution in [1.29, 1.82) is 0 Å². The Hall–Kier alpha value is -1.42. The van der Waals surface area contributed by atoms with E-state index >= 15 is 0 Å². The van der Waals surface area contributed by atoms with Crippen molar-refractivity contribution in [2.75, 3.05) is 20.1 Å². The van der Waals surface area contributed by atoms with E-state index in [4.69, 9.17) is 5.73 Å². The molecule has 1 aromatic rings. The molecule has 0 aliphatic carbocycles. The average molecular weight is 193 g/mol. The number of aromatic nitrogens is 1. The maximum Gasteiger partial charge on any atom is 0.272 e. The normalized spacial score (nSPS) is 9.93. The van der Waals surface area contributed by atoms with Crippen LogP contribution in [0.4, 0.5) is 0 Å². The van der Waals surface area contributed by atoms with Gasteiger partial charge in [-0.2, -0.15) is 0 Å². The number of amides is 1. The zero-order chi connectivity index (χ0) is 10.6. The first-order valence-electron chi connectivity index (χ1n) is 4.54. The molecule has 0 atom stereocenters. The van der Waals surface area contributed by atoms with E-state index in [0.717, 1.165) is 5.56 Å². The molecular weight excluding hydrogens is 178 g/mol. The van der Waals surface area contributed by atoms with Crippen LogP contribution in [0.3, 0.4) is 0 Å². The molecule has 0 radical (unpaired) electrons. The molecule has 4 nitrogen and oxygen atoms in total. The van der Waals surface area contributed by atoms with Crippen LogP contribution in [-0.2, 0) is 0 Å². The van der Waals surface area contributed by atoms with E-state index in [9.17, 15) is 4.79 Å². The fourth-order valence-corrected chi connectivity index (χ4v) is 1.19. The van der Waals surface area contributed by atoms with E-state index < -0.39 is 0 Å². The summed E-state index contributed by atoms with van der Waals surface area (Å²) in [6, 6.07) is 3.69. The van der Waals surface area contributed by atoms with E-state index in [1.54, 1.807) is 18.1 Å². The molecule has 1 heterocycles. The largest absolute Gasteiger partial charge is 0.339 e. The molecule has 0 aromatic carbocycles. The standard InChI is InChI=1S/C10H15N3O/c1-8-4-3-6-12-9(8)10(14)13(2)7-5-11/h3-4,6H,5,7,11H2,1-2H3. The number of carbonyl (C=O) groups excluding carboxylic acids is 1. The number of hydrogen-bond acceptors (Lipinski definition) is 3. The fourth-order valence-electron chi connectivity index (χ4n) is 1.19. The topological polar surface area (TPSA) is 59.2 Å². The quantitative estimate of drug-likeness (QED) is 0.757. The molecule has 1 amide bonds. The maximum absolute atomic E-state index is 11.8. The number of pyridine rings is 1. The van der Waals surface area contributed by atoms with Crippen molar-refractivity contribution >= 4 is 5.91 Å². The summed E-state index contributed by atoms with van der Waals surface area (Å²) in [7, 11) is 1.73. The molecule has 0 aliphatic heterocycles. The van der Waals surface area contributed by atoms with Gasteiger partial charge in [0.05, 0.1) is 0 Å². The molecule has 0 unspecified atom stereocenters. The highest BCUT2D eigenvalue weighted by molar-refractivity contribution is 5.93. The van der Waals surface area contributed by atoms with Gasteiger partial charge in [0.1, 0.15) is 5.69 Å². The van der Waals surface area contributed by atoms with Gasteiger partial charge in [0.15, 0.2) is 0 Å². The van der Waals surface area contributed by atoms with Crippen LogP contribution in [-0.4, -0.2) is 35.9 Å². The second-order valence-corrected chi connectivity index (χ2v) is 3.18. The van der Waals surface area contributed by atoms with Gasteiger partial charge in [0.25, 0.3) is 5.91 Å². The van der Waals surface area contributed by atoms with E-state index in [1.807, 2.05) is 19.1 Å². The van der Waals surface area contributed by atoms with Crippen LogP contribution < -0.4 is 5.73 Å². The van der Waals surface area contributed by atoms with Crippen LogP contribution in [0.15, 0.2) is 18.3 Å². The van der Waals surface area contributed by atoms with Crippen molar-refractivity contribution < 1.29 is 4.79 Å². The summed E-state index contributed by atoms with van der Waals surface area (Å²) in [6.45, 7) is 2.89. The summed E-state index contributed by atoms with van der Waals surface area (Å²) < 4.78 is 0. The van der Waals surface area contributed by atoms with E-state index in [-0.39, 0.29) is 5.91 Å². The van der Waals surface area contributed by atoms with Crippen LogP contribution >= 0.6 is 0 Å². The molecule has 2 N–H and O–H groups in total. The lowest BCUT2D eigenvalue weighted by Gasteiger charge is -2.16. The number of hydrogen-bond donors (Lipinski definition) is 1. The lowest BCUT2D eigenvalue weighted by Crippen LogP contribution is -2.32. The molecule has 0 aliphatic rings. The minimum Gasteiger partial charge on any atom is -0.339 e. The average Bonchev–Trinajstić information content (AvgIpc) is 2.18. The predicted molar refractivity (Wildman–Crippen MR) is 55.0 cm³/mol. The molecule has 14 heavy (non-hydrogen) atoms. The first-order chi connectivity index (χ1) is 6.66.